The molecule has 1 fully saturated rings. The summed E-state index contributed by atoms with van der Waals surface area (Å²) < 4.78 is 92.5. The van der Waals surface area contributed by atoms with Crippen molar-refractivity contribution in [2.75, 3.05) is 16.8 Å². The Morgan fingerprint density at radius 1 is 1.03 bits per heavy atom. The number of amides is 1. The van der Waals surface area contributed by atoms with Gasteiger partial charge in [-0.2, -0.15) is 26.3 Å². The summed E-state index contributed by atoms with van der Waals surface area (Å²) in [5, 5.41) is 0. The number of anilines is 2. The van der Waals surface area contributed by atoms with Gasteiger partial charge < -0.3 is 9.80 Å². The molecule has 0 spiro atoms. The van der Waals surface area contributed by atoms with Crippen LogP contribution in [0.5, 0.6) is 0 Å². The van der Waals surface area contributed by atoms with E-state index >= 15 is 0 Å². The van der Waals surface area contributed by atoms with Crippen LogP contribution in [0.1, 0.15) is 31.0 Å². The normalized spacial score (nSPS) is 19.6. The lowest BCUT2D eigenvalue weighted by atomic mass is 10.1. The Bertz CT molecular complexity index is 924. The number of likely N-dealkylation sites (N-methyl/N-ethyl adjacent to an activating group) is 1. The van der Waals surface area contributed by atoms with Crippen molar-refractivity contribution < 1.29 is 35.5 Å². The molecule has 31 heavy (non-hydrogen) atoms. The van der Waals surface area contributed by atoms with E-state index in [0.29, 0.717) is 18.2 Å². The minimum absolute atomic E-state index is 0.0499. The van der Waals surface area contributed by atoms with Crippen LogP contribution in [0.3, 0.4) is 0 Å². The summed E-state index contributed by atoms with van der Waals surface area (Å²) in [6, 6.07) is 3.90. The predicted octanol–water partition coefficient (Wildman–Crippen LogP) is 5.28. The second-order valence-corrected chi connectivity index (χ2v) is 7.32. The quantitative estimate of drug-likeness (QED) is 0.599. The van der Waals surface area contributed by atoms with Crippen LogP contribution in [0.2, 0.25) is 0 Å². The maximum atomic E-state index is 13.2. The highest BCUT2D eigenvalue weighted by atomic mass is 19.4. The number of aromatic nitrogens is 1. The summed E-state index contributed by atoms with van der Waals surface area (Å²) in [6.45, 7) is 1.60. The minimum atomic E-state index is -5.09. The molecule has 168 valence electrons. The summed E-state index contributed by atoms with van der Waals surface area (Å²) in [6.07, 6.45) is -9.54. The number of carbonyl (C=O) groups excluding carboxylic acids is 1. The molecule has 11 heteroatoms. The number of hydrogen-bond acceptors (Lipinski definition) is 3. The van der Waals surface area contributed by atoms with Gasteiger partial charge in [-0.3, -0.25) is 4.79 Å². The fourth-order valence-electron chi connectivity index (χ4n) is 3.58. The van der Waals surface area contributed by atoms with E-state index in [0.717, 1.165) is 12.1 Å². The summed E-state index contributed by atoms with van der Waals surface area (Å²) >= 11 is 0. The molecule has 1 aromatic carbocycles. The molecule has 0 unspecified atom stereocenters. The molecule has 0 radical (unpaired) electrons. The minimum Gasteiger partial charge on any atom is -0.342 e. The fourth-order valence-corrected chi connectivity index (χ4v) is 3.58. The number of benzene rings is 1. The third-order valence-electron chi connectivity index (χ3n) is 5.19. The van der Waals surface area contributed by atoms with Gasteiger partial charge in [-0.1, -0.05) is 0 Å². The molecular formula is C20H18F7N3O. The standard InChI is InChI=1S/C20H18F7N3O/c1-11-3-8-15(18(31)29(2)14-6-4-13(21)5-7-14)30(11)17-10-12(19(22,23)24)9-16(28-17)20(25,26)27/h4-7,9-11,15H,3,8H2,1-2H3/t11-,15+/m1/s1. The number of nitrogens with zero attached hydrogens (tertiary/aromatic N) is 3. The topological polar surface area (TPSA) is 36.4 Å². The first kappa shape index (κ1) is 22.8. The maximum Gasteiger partial charge on any atom is 0.433 e. The van der Waals surface area contributed by atoms with Gasteiger partial charge in [0.25, 0.3) is 0 Å². The summed E-state index contributed by atoms with van der Waals surface area (Å²) in [7, 11) is 1.40. The third kappa shape index (κ3) is 4.75. The lowest BCUT2D eigenvalue weighted by Gasteiger charge is -2.32. The number of rotatable bonds is 3. The molecule has 2 heterocycles. The van der Waals surface area contributed by atoms with E-state index in [1.807, 2.05) is 0 Å². The number of alkyl halides is 6. The Morgan fingerprint density at radius 2 is 1.65 bits per heavy atom. The molecule has 1 aliphatic rings. The molecule has 4 nitrogen and oxygen atoms in total. The van der Waals surface area contributed by atoms with Crippen molar-refractivity contribution >= 4 is 17.4 Å². The lowest BCUT2D eigenvalue weighted by Crippen LogP contribution is -2.47. The second kappa shape index (κ2) is 8.01. The van der Waals surface area contributed by atoms with Gasteiger partial charge in [0.1, 0.15) is 23.4 Å². The Balaban J connectivity index is 2.01. The highest BCUT2D eigenvalue weighted by Crippen LogP contribution is 2.39. The van der Waals surface area contributed by atoms with E-state index in [-0.39, 0.29) is 12.5 Å². The first-order valence-corrected chi connectivity index (χ1v) is 9.27. The highest BCUT2D eigenvalue weighted by Gasteiger charge is 2.42. The summed E-state index contributed by atoms with van der Waals surface area (Å²) in [5.41, 5.74) is -2.85. The lowest BCUT2D eigenvalue weighted by molar-refractivity contribution is -0.145. The van der Waals surface area contributed by atoms with Crippen LogP contribution < -0.4 is 9.80 Å². The van der Waals surface area contributed by atoms with Crippen molar-refractivity contribution in [2.45, 2.75) is 44.2 Å². The monoisotopic (exact) mass is 449 g/mol. The summed E-state index contributed by atoms with van der Waals surface area (Å²) in [5.74, 6) is -1.64. The van der Waals surface area contributed by atoms with Crippen molar-refractivity contribution in [1.29, 1.82) is 0 Å². The molecule has 0 N–H and O–H groups in total. The second-order valence-electron chi connectivity index (χ2n) is 7.32. The maximum absolute atomic E-state index is 13.2. The van der Waals surface area contributed by atoms with Crippen molar-refractivity contribution in [3.8, 4) is 0 Å². The first-order valence-electron chi connectivity index (χ1n) is 9.27. The molecule has 0 saturated carbocycles. The number of pyridine rings is 1. The molecule has 2 atom stereocenters. The van der Waals surface area contributed by atoms with Crippen LogP contribution in [0.25, 0.3) is 0 Å². The smallest absolute Gasteiger partial charge is 0.342 e. The molecule has 2 aromatic rings. The zero-order chi connectivity index (χ0) is 23.1. The van der Waals surface area contributed by atoms with Crippen molar-refractivity contribution in [1.82, 2.24) is 4.98 Å². The van der Waals surface area contributed by atoms with Gasteiger partial charge in [-0.15, -0.1) is 0 Å². The van der Waals surface area contributed by atoms with E-state index in [1.54, 1.807) is 6.92 Å². The van der Waals surface area contributed by atoms with Crippen LogP contribution in [0.4, 0.5) is 42.2 Å². The van der Waals surface area contributed by atoms with Crippen LogP contribution in [-0.2, 0) is 17.1 Å². The van der Waals surface area contributed by atoms with Crippen LogP contribution in [0.15, 0.2) is 36.4 Å². The Morgan fingerprint density at radius 3 is 2.19 bits per heavy atom. The highest BCUT2D eigenvalue weighted by molar-refractivity contribution is 5.99. The average molecular weight is 449 g/mol. The van der Waals surface area contributed by atoms with E-state index in [1.165, 1.54) is 29.0 Å². The van der Waals surface area contributed by atoms with Gasteiger partial charge in [0, 0.05) is 18.8 Å². The van der Waals surface area contributed by atoms with Crippen LogP contribution in [0, 0.1) is 5.82 Å². The van der Waals surface area contributed by atoms with E-state index in [2.05, 4.69) is 4.98 Å². The molecular weight excluding hydrogens is 431 g/mol. The molecule has 0 bridgehead atoms. The van der Waals surface area contributed by atoms with E-state index < -0.39 is 53.2 Å². The van der Waals surface area contributed by atoms with Crippen molar-refractivity contribution in [3.05, 3.63) is 53.5 Å². The van der Waals surface area contributed by atoms with E-state index in [4.69, 9.17) is 0 Å². The van der Waals surface area contributed by atoms with Gasteiger partial charge in [0.05, 0.1) is 5.56 Å². The van der Waals surface area contributed by atoms with Gasteiger partial charge in [0.2, 0.25) is 5.91 Å². The zero-order valence-electron chi connectivity index (χ0n) is 16.4. The molecule has 3 rings (SSSR count). The average Bonchev–Trinajstić information content (AvgIpc) is 3.07. The zero-order valence-corrected chi connectivity index (χ0v) is 16.4. The van der Waals surface area contributed by atoms with Gasteiger partial charge in [-0.25, -0.2) is 9.37 Å². The number of hydrogen-bond donors (Lipinski definition) is 0. The number of carbonyl (C=O) groups is 1. The molecule has 1 aromatic heterocycles. The van der Waals surface area contributed by atoms with Crippen molar-refractivity contribution in [2.24, 2.45) is 0 Å². The predicted molar refractivity (Wildman–Crippen MR) is 99.0 cm³/mol. The van der Waals surface area contributed by atoms with Crippen LogP contribution >= 0.6 is 0 Å². The largest absolute Gasteiger partial charge is 0.433 e. The van der Waals surface area contributed by atoms with Crippen LogP contribution in [-0.4, -0.2) is 30.0 Å². The Kier molecular flexibility index (Phi) is 5.90. The third-order valence-corrected chi connectivity index (χ3v) is 5.19. The number of halogens is 7. The van der Waals surface area contributed by atoms with Gasteiger partial charge in [-0.05, 0) is 56.2 Å². The summed E-state index contributed by atoms with van der Waals surface area (Å²) in [4.78, 5) is 18.8. The Hall–Kier alpha value is -2.85. The van der Waals surface area contributed by atoms with Gasteiger partial charge >= 0.3 is 12.4 Å². The molecule has 1 amide bonds. The molecule has 0 aliphatic carbocycles. The van der Waals surface area contributed by atoms with E-state index in [9.17, 15) is 35.5 Å². The molecule has 1 saturated heterocycles. The van der Waals surface area contributed by atoms with Crippen molar-refractivity contribution in [3.63, 3.8) is 0 Å². The molecule has 1 aliphatic heterocycles. The first-order chi connectivity index (χ1) is 14.3. The SMILES string of the molecule is C[C@@H]1CC[C@@H](C(=O)N(C)c2ccc(F)cc2)N1c1cc(C(F)(F)F)cc(C(F)(F)F)n1. The fraction of sp³-hybridized carbons (Fsp3) is 0.400. The Labute approximate surface area is 173 Å². The van der Waals surface area contributed by atoms with Gasteiger partial charge in [0.15, 0.2) is 0 Å².